The van der Waals surface area contributed by atoms with Gasteiger partial charge in [0.15, 0.2) is 0 Å². The topological polar surface area (TPSA) is 44.8 Å². The van der Waals surface area contributed by atoms with Crippen LogP contribution in [0.15, 0.2) is 54.6 Å². The Morgan fingerprint density at radius 2 is 1.84 bits per heavy atom. The maximum Gasteiger partial charge on any atom is 0.122 e. The van der Waals surface area contributed by atoms with E-state index >= 15 is 0 Å². The largest absolute Gasteiger partial charge is 0.497 e. The molecule has 1 heterocycles. The average molecular weight is 340 g/mol. The number of carbonyl (C=O) groups is 1. The first-order valence-electron chi connectivity index (χ1n) is 8.67. The molecule has 0 saturated carbocycles. The summed E-state index contributed by atoms with van der Waals surface area (Å²) in [6, 6.07) is 18.0. The van der Waals surface area contributed by atoms with Gasteiger partial charge in [-0.3, -0.25) is 0 Å². The van der Waals surface area contributed by atoms with Gasteiger partial charge in [0.25, 0.3) is 0 Å². The first-order valence-corrected chi connectivity index (χ1v) is 8.67. The number of hydrogen-bond donors (Lipinski definition) is 0. The fourth-order valence-corrected chi connectivity index (χ4v) is 3.18. The van der Waals surface area contributed by atoms with Crippen molar-refractivity contribution in [2.24, 2.45) is 0 Å². The Balaban J connectivity index is 1.63. The summed E-state index contributed by atoms with van der Waals surface area (Å²) in [6.45, 7) is 0.546. The lowest BCUT2D eigenvalue weighted by Crippen LogP contribution is -2.33. The molecule has 0 spiro atoms. The highest BCUT2D eigenvalue weighted by molar-refractivity contribution is 5.50. The standard InChI is InChI=1S/C21H24O4/c1-23-18-9-7-16(8-10-18)15-24-20-13-19(11-12-22)25-21(14-20)17-5-3-2-4-6-17/h2-10,12,19-21H,11,13-15H2,1H3/t19-,20+,21+/m1/s1. The van der Waals surface area contributed by atoms with Crippen molar-refractivity contribution in [1.82, 2.24) is 0 Å². The van der Waals surface area contributed by atoms with Crippen LogP contribution in [-0.4, -0.2) is 25.6 Å². The molecule has 0 bridgehead atoms. The van der Waals surface area contributed by atoms with Gasteiger partial charge in [-0.05, 0) is 23.3 Å². The van der Waals surface area contributed by atoms with E-state index in [0.29, 0.717) is 13.0 Å². The van der Waals surface area contributed by atoms with Crippen molar-refractivity contribution in [1.29, 1.82) is 0 Å². The molecular formula is C21H24O4. The average Bonchev–Trinajstić information content (AvgIpc) is 2.67. The number of methoxy groups -OCH3 is 1. The Hall–Kier alpha value is -2.17. The Morgan fingerprint density at radius 1 is 1.08 bits per heavy atom. The van der Waals surface area contributed by atoms with Crippen LogP contribution >= 0.6 is 0 Å². The second-order valence-electron chi connectivity index (χ2n) is 6.31. The minimum Gasteiger partial charge on any atom is -0.497 e. The van der Waals surface area contributed by atoms with Gasteiger partial charge >= 0.3 is 0 Å². The van der Waals surface area contributed by atoms with Gasteiger partial charge in [0.2, 0.25) is 0 Å². The van der Waals surface area contributed by atoms with Crippen LogP contribution in [0.4, 0.5) is 0 Å². The highest BCUT2D eigenvalue weighted by atomic mass is 16.5. The van der Waals surface area contributed by atoms with Crippen LogP contribution in [0.2, 0.25) is 0 Å². The molecule has 1 saturated heterocycles. The van der Waals surface area contributed by atoms with Crippen molar-refractivity contribution in [2.45, 2.75) is 44.2 Å². The van der Waals surface area contributed by atoms with E-state index in [9.17, 15) is 4.79 Å². The Kier molecular flexibility index (Phi) is 6.20. The zero-order valence-corrected chi connectivity index (χ0v) is 14.5. The highest BCUT2D eigenvalue weighted by Crippen LogP contribution is 2.34. The number of aldehydes is 1. The Morgan fingerprint density at radius 3 is 2.52 bits per heavy atom. The quantitative estimate of drug-likeness (QED) is 0.712. The predicted molar refractivity (Wildman–Crippen MR) is 95.5 cm³/mol. The molecule has 0 aromatic heterocycles. The molecule has 0 unspecified atom stereocenters. The molecule has 1 aliphatic rings. The van der Waals surface area contributed by atoms with E-state index in [2.05, 4.69) is 12.1 Å². The molecule has 1 fully saturated rings. The van der Waals surface area contributed by atoms with E-state index in [0.717, 1.165) is 36.0 Å². The summed E-state index contributed by atoms with van der Waals surface area (Å²) in [5, 5.41) is 0. The zero-order chi connectivity index (χ0) is 17.5. The van der Waals surface area contributed by atoms with Gasteiger partial charge in [-0.25, -0.2) is 0 Å². The second-order valence-corrected chi connectivity index (χ2v) is 6.31. The molecule has 0 amide bonds. The number of rotatable bonds is 7. The molecule has 25 heavy (non-hydrogen) atoms. The lowest BCUT2D eigenvalue weighted by molar-refractivity contribution is -0.131. The minimum absolute atomic E-state index is 0.0271. The summed E-state index contributed by atoms with van der Waals surface area (Å²) >= 11 is 0. The number of hydrogen-bond acceptors (Lipinski definition) is 4. The second kappa shape index (κ2) is 8.79. The van der Waals surface area contributed by atoms with E-state index in [1.807, 2.05) is 42.5 Å². The van der Waals surface area contributed by atoms with Gasteiger partial charge in [0, 0.05) is 19.3 Å². The monoisotopic (exact) mass is 340 g/mol. The summed E-state index contributed by atoms with van der Waals surface area (Å²) in [7, 11) is 1.66. The third kappa shape index (κ3) is 4.91. The van der Waals surface area contributed by atoms with Gasteiger partial charge in [-0.15, -0.1) is 0 Å². The van der Waals surface area contributed by atoms with Crippen molar-refractivity contribution in [3.63, 3.8) is 0 Å². The van der Waals surface area contributed by atoms with Gasteiger partial charge in [-0.1, -0.05) is 42.5 Å². The van der Waals surface area contributed by atoms with Crippen LogP contribution in [0.5, 0.6) is 5.75 Å². The maximum absolute atomic E-state index is 10.9. The first kappa shape index (κ1) is 17.6. The molecule has 1 aliphatic heterocycles. The van der Waals surface area contributed by atoms with E-state index in [1.54, 1.807) is 7.11 Å². The van der Waals surface area contributed by atoms with Crippen LogP contribution < -0.4 is 4.74 Å². The van der Waals surface area contributed by atoms with Crippen LogP contribution in [-0.2, 0) is 20.9 Å². The summed E-state index contributed by atoms with van der Waals surface area (Å²) in [5.74, 6) is 0.838. The predicted octanol–water partition coefficient (Wildman–Crippen LogP) is 4.09. The van der Waals surface area contributed by atoms with E-state index in [1.165, 1.54) is 0 Å². The molecule has 3 atom stereocenters. The van der Waals surface area contributed by atoms with E-state index in [-0.39, 0.29) is 18.3 Å². The molecular weight excluding hydrogens is 316 g/mol. The fourth-order valence-electron chi connectivity index (χ4n) is 3.18. The van der Waals surface area contributed by atoms with Gasteiger partial charge in [0.1, 0.15) is 12.0 Å². The summed E-state index contributed by atoms with van der Waals surface area (Å²) < 4.78 is 17.4. The summed E-state index contributed by atoms with van der Waals surface area (Å²) in [4.78, 5) is 10.9. The van der Waals surface area contributed by atoms with E-state index < -0.39 is 0 Å². The van der Waals surface area contributed by atoms with Crippen LogP contribution in [0.3, 0.4) is 0 Å². The SMILES string of the molecule is COc1ccc(CO[C@H]2C[C@@H](CC=O)O[C@H](c3ccccc3)C2)cc1. The Bertz CT molecular complexity index is 653. The smallest absolute Gasteiger partial charge is 0.122 e. The maximum atomic E-state index is 10.9. The lowest BCUT2D eigenvalue weighted by Gasteiger charge is -2.35. The first-order chi connectivity index (χ1) is 12.3. The van der Waals surface area contributed by atoms with Crippen molar-refractivity contribution < 1.29 is 19.0 Å². The normalized spacial score (nSPS) is 23.2. The minimum atomic E-state index is -0.0858. The summed E-state index contributed by atoms with van der Waals surface area (Å²) in [5.41, 5.74) is 2.24. The molecule has 132 valence electrons. The number of benzene rings is 2. The highest BCUT2D eigenvalue weighted by Gasteiger charge is 2.30. The summed E-state index contributed by atoms with van der Waals surface area (Å²) in [6.07, 6.45) is 2.85. The Labute approximate surface area is 148 Å². The van der Waals surface area contributed by atoms with Crippen molar-refractivity contribution in [2.75, 3.05) is 7.11 Å². The van der Waals surface area contributed by atoms with Crippen LogP contribution in [0, 0.1) is 0 Å². The molecule has 0 aliphatic carbocycles. The molecule has 3 rings (SSSR count). The van der Waals surface area contributed by atoms with Crippen molar-refractivity contribution in [3.05, 3.63) is 65.7 Å². The molecule has 4 heteroatoms. The van der Waals surface area contributed by atoms with Crippen molar-refractivity contribution in [3.8, 4) is 5.75 Å². The molecule has 0 radical (unpaired) electrons. The fraction of sp³-hybridized carbons (Fsp3) is 0.381. The van der Waals surface area contributed by atoms with Crippen LogP contribution in [0.1, 0.15) is 36.5 Å². The molecule has 0 N–H and O–H groups in total. The molecule has 2 aromatic rings. The van der Waals surface area contributed by atoms with Gasteiger partial charge < -0.3 is 19.0 Å². The van der Waals surface area contributed by atoms with Gasteiger partial charge in [-0.2, -0.15) is 0 Å². The van der Waals surface area contributed by atoms with E-state index in [4.69, 9.17) is 14.2 Å². The van der Waals surface area contributed by atoms with Gasteiger partial charge in [0.05, 0.1) is 32.0 Å². The van der Waals surface area contributed by atoms with Crippen LogP contribution in [0.25, 0.3) is 0 Å². The van der Waals surface area contributed by atoms with Crippen molar-refractivity contribution >= 4 is 6.29 Å². The third-order valence-electron chi connectivity index (χ3n) is 4.53. The number of ether oxygens (including phenoxy) is 3. The molecule has 2 aromatic carbocycles. The third-order valence-corrected chi connectivity index (χ3v) is 4.53. The zero-order valence-electron chi connectivity index (χ0n) is 14.5. The molecule has 4 nitrogen and oxygen atoms in total. The number of carbonyl (C=O) groups excluding carboxylic acids is 1. The lowest BCUT2D eigenvalue weighted by atomic mass is 9.95.